The number of aryl methyl sites for hydroxylation is 1. The van der Waals surface area contributed by atoms with Gasteiger partial charge in [-0.25, -0.2) is 5.43 Å². The van der Waals surface area contributed by atoms with Crippen molar-refractivity contribution in [2.75, 3.05) is 0 Å². The Hall–Kier alpha value is -2.49. The highest BCUT2D eigenvalue weighted by Crippen LogP contribution is 2.06. The van der Waals surface area contributed by atoms with Crippen LogP contribution in [0.2, 0.25) is 0 Å². The number of carbonyl (C=O) groups excluding carboxylic acids is 1. The zero-order valence-corrected chi connectivity index (χ0v) is 10.9. The van der Waals surface area contributed by atoms with Crippen LogP contribution in [-0.2, 0) is 0 Å². The second-order valence-electron chi connectivity index (χ2n) is 4.19. The largest absolute Gasteiger partial charge is 0.271 e. The van der Waals surface area contributed by atoms with Gasteiger partial charge in [0.25, 0.3) is 5.91 Å². The Bertz CT molecular complexity index is 606. The number of benzene rings is 1. The summed E-state index contributed by atoms with van der Waals surface area (Å²) in [7, 11) is 0. The van der Waals surface area contributed by atoms with Gasteiger partial charge in [0, 0.05) is 23.5 Å². The molecule has 4 heteroatoms. The van der Waals surface area contributed by atoms with E-state index < -0.39 is 0 Å². The Kier molecular flexibility index (Phi) is 4.03. The molecule has 0 aliphatic heterocycles. The maximum absolute atomic E-state index is 12.0. The average molecular weight is 253 g/mol. The van der Waals surface area contributed by atoms with E-state index in [1.165, 1.54) is 0 Å². The van der Waals surface area contributed by atoms with Gasteiger partial charge in [0.2, 0.25) is 0 Å². The van der Waals surface area contributed by atoms with Crippen molar-refractivity contribution in [1.82, 2.24) is 10.4 Å². The highest BCUT2D eigenvalue weighted by molar-refractivity contribution is 6.01. The van der Waals surface area contributed by atoms with Gasteiger partial charge in [-0.2, -0.15) is 5.10 Å². The third-order valence-electron chi connectivity index (χ3n) is 2.81. The summed E-state index contributed by atoms with van der Waals surface area (Å²) in [6.07, 6.45) is 3.38. The molecule has 0 bridgehead atoms. The monoisotopic (exact) mass is 253 g/mol. The fourth-order valence-electron chi connectivity index (χ4n) is 1.68. The quantitative estimate of drug-likeness (QED) is 0.675. The Balaban J connectivity index is 2.11. The minimum absolute atomic E-state index is 0.202. The lowest BCUT2D eigenvalue weighted by molar-refractivity contribution is 0.0954. The number of nitrogens with zero attached hydrogens (tertiary/aromatic N) is 2. The predicted molar refractivity (Wildman–Crippen MR) is 75.1 cm³/mol. The van der Waals surface area contributed by atoms with Crippen LogP contribution in [0.25, 0.3) is 0 Å². The van der Waals surface area contributed by atoms with E-state index in [9.17, 15) is 4.79 Å². The summed E-state index contributed by atoms with van der Waals surface area (Å²) in [5, 5.41) is 4.10. The van der Waals surface area contributed by atoms with Crippen molar-refractivity contribution in [2.45, 2.75) is 13.8 Å². The van der Waals surface area contributed by atoms with E-state index in [0.29, 0.717) is 5.56 Å². The minimum Gasteiger partial charge on any atom is -0.267 e. The molecule has 1 N–H and O–H groups in total. The van der Waals surface area contributed by atoms with E-state index in [4.69, 9.17) is 0 Å². The van der Waals surface area contributed by atoms with Crippen molar-refractivity contribution in [3.63, 3.8) is 0 Å². The van der Waals surface area contributed by atoms with Gasteiger partial charge in [0.15, 0.2) is 0 Å². The van der Waals surface area contributed by atoms with Gasteiger partial charge in [-0.15, -0.1) is 0 Å². The van der Waals surface area contributed by atoms with Gasteiger partial charge in [-0.05, 0) is 37.6 Å². The Morgan fingerprint density at radius 1 is 1.16 bits per heavy atom. The van der Waals surface area contributed by atoms with E-state index in [2.05, 4.69) is 15.5 Å². The van der Waals surface area contributed by atoms with E-state index in [1.54, 1.807) is 18.5 Å². The number of carbonyl (C=O) groups is 1. The third kappa shape index (κ3) is 3.25. The molecule has 0 aliphatic rings. The van der Waals surface area contributed by atoms with Crippen LogP contribution in [0.1, 0.15) is 28.4 Å². The predicted octanol–water partition coefficient (Wildman–Crippen LogP) is 2.54. The van der Waals surface area contributed by atoms with Gasteiger partial charge in [0.1, 0.15) is 0 Å². The fourth-order valence-corrected chi connectivity index (χ4v) is 1.68. The molecule has 1 heterocycles. The van der Waals surface area contributed by atoms with Crippen molar-refractivity contribution in [2.24, 2.45) is 5.10 Å². The summed E-state index contributed by atoms with van der Waals surface area (Å²) in [4.78, 5) is 15.9. The molecule has 0 saturated carbocycles. The fraction of sp³-hybridized carbons (Fsp3) is 0.133. The van der Waals surface area contributed by atoms with Crippen molar-refractivity contribution < 1.29 is 4.79 Å². The van der Waals surface area contributed by atoms with Crippen LogP contribution in [0.4, 0.5) is 0 Å². The van der Waals surface area contributed by atoms with E-state index in [1.807, 2.05) is 44.2 Å². The number of nitrogens with one attached hydrogen (secondary N) is 1. The van der Waals surface area contributed by atoms with E-state index >= 15 is 0 Å². The number of aromatic nitrogens is 1. The molecule has 1 amide bonds. The maximum atomic E-state index is 12.0. The van der Waals surface area contributed by atoms with Gasteiger partial charge < -0.3 is 0 Å². The molecule has 0 atom stereocenters. The molecular formula is C15H15N3O. The Morgan fingerprint density at radius 2 is 1.84 bits per heavy atom. The zero-order chi connectivity index (χ0) is 13.7. The lowest BCUT2D eigenvalue weighted by Crippen LogP contribution is -2.20. The standard InChI is InChI=1S/C15H15N3O/c1-11-5-3-4-6-14(11)15(19)18-17-12(2)13-7-9-16-10-8-13/h3-10H,1-2H3,(H,18,19)/b17-12-. The first-order valence-corrected chi connectivity index (χ1v) is 5.99. The van der Waals surface area contributed by atoms with E-state index in [0.717, 1.165) is 16.8 Å². The lowest BCUT2D eigenvalue weighted by Gasteiger charge is -2.05. The minimum atomic E-state index is -0.202. The highest BCUT2D eigenvalue weighted by atomic mass is 16.2. The molecule has 0 spiro atoms. The number of hydrogen-bond donors (Lipinski definition) is 1. The van der Waals surface area contributed by atoms with Crippen molar-refractivity contribution >= 4 is 11.6 Å². The van der Waals surface area contributed by atoms with Crippen LogP contribution < -0.4 is 5.43 Å². The van der Waals surface area contributed by atoms with Crippen LogP contribution in [0.5, 0.6) is 0 Å². The first-order chi connectivity index (χ1) is 9.18. The van der Waals surface area contributed by atoms with Gasteiger partial charge in [-0.3, -0.25) is 9.78 Å². The summed E-state index contributed by atoms with van der Waals surface area (Å²) in [5.41, 5.74) is 5.80. The summed E-state index contributed by atoms with van der Waals surface area (Å²) >= 11 is 0. The molecule has 1 aromatic carbocycles. The van der Waals surface area contributed by atoms with E-state index in [-0.39, 0.29) is 5.91 Å². The maximum Gasteiger partial charge on any atom is 0.271 e. The van der Waals surface area contributed by atoms with Crippen molar-refractivity contribution in [3.05, 3.63) is 65.5 Å². The Labute approximate surface area is 112 Å². The molecule has 0 unspecified atom stereocenters. The van der Waals surface area contributed by atoms with Gasteiger partial charge >= 0.3 is 0 Å². The average Bonchev–Trinajstić information content (AvgIpc) is 2.46. The summed E-state index contributed by atoms with van der Waals surface area (Å²) in [6, 6.07) is 11.1. The first-order valence-electron chi connectivity index (χ1n) is 5.99. The third-order valence-corrected chi connectivity index (χ3v) is 2.81. The zero-order valence-electron chi connectivity index (χ0n) is 10.9. The molecule has 0 saturated heterocycles. The summed E-state index contributed by atoms with van der Waals surface area (Å²) in [6.45, 7) is 3.74. The number of hydrogen-bond acceptors (Lipinski definition) is 3. The van der Waals surface area contributed by atoms with Crippen LogP contribution in [0.15, 0.2) is 53.9 Å². The molecule has 19 heavy (non-hydrogen) atoms. The normalized spacial score (nSPS) is 11.2. The van der Waals surface area contributed by atoms with Crippen molar-refractivity contribution in [1.29, 1.82) is 0 Å². The van der Waals surface area contributed by atoms with Crippen LogP contribution in [0, 0.1) is 6.92 Å². The molecule has 4 nitrogen and oxygen atoms in total. The number of pyridine rings is 1. The van der Waals surface area contributed by atoms with Gasteiger partial charge in [-0.1, -0.05) is 18.2 Å². The van der Waals surface area contributed by atoms with Crippen LogP contribution >= 0.6 is 0 Å². The highest BCUT2D eigenvalue weighted by Gasteiger charge is 2.07. The summed E-state index contributed by atoms with van der Waals surface area (Å²) in [5.74, 6) is -0.202. The van der Waals surface area contributed by atoms with Gasteiger partial charge in [0.05, 0.1) is 5.71 Å². The molecule has 1 aromatic heterocycles. The SMILES string of the molecule is C/C(=N/NC(=O)c1ccccc1C)c1ccncc1. The lowest BCUT2D eigenvalue weighted by atomic mass is 10.1. The molecule has 96 valence electrons. The Morgan fingerprint density at radius 3 is 2.53 bits per heavy atom. The van der Waals surface area contributed by atoms with Crippen LogP contribution in [-0.4, -0.2) is 16.6 Å². The topological polar surface area (TPSA) is 54.4 Å². The number of hydrazone groups is 1. The number of amides is 1. The summed E-state index contributed by atoms with van der Waals surface area (Å²) < 4.78 is 0. The molecule has 0 aliphatic carbocycles. The molecule has 2 aromatic rings. The second-order valence-corrected chi connectivity index (χ2v) is 4.19. The molecule has 2 rings (SSSR count). The van der Waals surface area contributed by atoms with Crippen LogP contribution in [0.3, 0.4) is 0 Å². The molecule has 0 radical (unpaired) electrons. The smallest absolute Gasteiger partial charge is 0.267 e. The first kappa shape index (κ1) is 13.0. The molecular weight excluding hydrogens is 238 g/mol. The second kappa shape index (κ2) is 5.91. The number of rotatable bonds is 3. The molecule has 0 fully saturated rings. The van der Waals surface area contributed by atoms with Crippen molar-refractivity contribution in [3.8, 4) is 0 Å².